The predicted molar refractivity (Wildman–Crippen MR) is 126 cm³/mol. The van der Waals surface area contributed by atoms with Gasteiger partial charge in [-0.15, -0.1) is 0 Å². The third kappa shape index (κ3) is 3.98. The predicted octanol–water partition coefficient (Wildman–Crippen LogP) is 3.85. The zero-order valence-electron chi connectivity index (χ0n) is 18.7. The lowest BCUT2D eigenvalue weighted by Gasteiger charge is -2.40. The summed E-state index contributed by atoms with van der Waals surface area (Å²) < 4.78 is 12.8. The molecular formula is C22H22ClN7O4. The van der Waals surface area contributed by atoms with Crippen LogP contribution in [0.1, 0.15) is 37.2 Å². The van der Waals surface area contributed by atoms with E-state index in [0.29, 0.717) is 40.2 Å². The van der Waals surface area contributed by atoms with E-state index in [2.05, 4.69) is 20.3 Å². The van der Waals surface area contributed by atoms with Crippen molar-refractivity contribution in [3.8, 4) is 0 Å². The summed E-state index contributed by atoms with van der Waals surface area (Å²) in [4.78, 5) is 39.7. The van der Waals surface area contributed by atoms with Crippen LogP contribution in [0.5, 0.6) is 0 Å². The molecule has 0 atom stereocenters. The Labute approximate surface area is 198 Å². The first-order valence-electron chi connectivity index (χ1n) is 10.6. The molecule has 1 saturated heterocycles. The van der Waals surface area contributed by atoms with Crippen LogP contribution < -0.4 is 11.1 Å². The highest BCUT2D eigenvalue weighted by atomic mass is 35.5. The average Bonchev–Trinajstić information content (AvgIpc) is 3.27. The number of fused-ring (bicyclic) bond motifs is 2. The van der Waals surface area contributed by atoms with Gasteiger partial charge in [-0.3, -0.25) is 10.1 Å². The number of hydrogen-bond donors (Lipinski definition) is 2. The minimum absolute atomic E-state index is 0.0262. The van der Waals surface area contributed by atoms with E-state index in [9.17, 15) is 9.59 Å². The van der Waals surface area contributed by atoms with Crippen molar-refractivity contribution >= 4 is 57.6 Å². The molecule has 4 aromatic rings. The van der Waals surface area contributed by atoms with Crippen molar-refractivity contribution in [1.29, 1.82) is 0 Å². The molecule has 0 radical (unpaired) electrons. The lowest BCUT2D eigenvalue weighted by Crippen LogP contribution is -2.52. The standard InChI is InChI=1S/C22H22ClN7O4/c1-22(2,3)34-21(32)29-7-12(8-29)30-9-13(16-17(24)25-10-26-18(16)30)19(31)28-20-27-14-6-11(23)4-5-15(14)33-20/h4-6,9-10,12H,7-8H2,1-3H3,(H2,24,25,26)(H,27,28,31). The van der Waals surface area contributed by atoms with Crippen LogP contribution in [0.15, 0.2) is 35.1 Å². The number of nitrogens with zero attached hydrogens (tertiary/aromatic N) is 5. The van der Waals surface area contributed by atoms with E-state index in [4.69, 9.17) is 26.5 Å². The van der Waals surface area contributed by atoms with E-state index in [1.807, 2.05) is 25.3 Å². The molecule has 34 heavy (non-hydrogen) atoms. The number of ether oxygens (including phenoxy) is 1. The fraction of sp³-hybridized carbons (Fsp3) is 0.318. The first-order valence-corrected chi connectivity index (χ1v) is 10.9. The SMILES string of the molecule is CC(C)(C)OC(=O)N1CC(n2cc(C(=O)Nc3nc4cc(Cl)ccc4o3)c3c(N)ncnc32)C1. The van der Waals surface area contributed by atoms with Crippen molar-refractivity contribution in [3.05, 3.63) is 41.3 Å². The molecule has 0 aliphatic carbocycles. The molecule has 11 nitrogen and oxygen atoms in total. The van der Waals surface area contributed by atoms with Crippen LogP contribution in [0.4, 0.5) is 16.6 Å². The van der Waals surface area contributed by atoms with Crippen LogP contribution in [-0.4, -0.2) is 55.1 Å². The zero-order valence-corrected chi connectivity index (χ0v) is 19.5. The van der Waals surface area contributed by atoms with Crippen LogP contribution in [0.2, 0.25) is 5.02 Å². The summed E-state index contributed by atoms with van der Waals surface area (Å²) in [5.74, 6) is -0.312. The van der Waals surface area contributed by atoms with Gasteiger partial charge in [0.2, 0.25) is 0 Å². The Kier molecular flexibility index (Phi) is 5.08. The molecule has 0 bridgehead atoms. The molecule has 0 unspecified atom stereocenters. The molecule has 12 heteroatoms. The summed E-state index contributed by atoms with van der Waals surface area (Å²) in [6, 6.07) is 4.91. The molecule has 1 aromatic carbocycles. The molecule has 0 spiro atoms. The Morgan fingerprint density at radius 2 is 2.03 bits per heavy atom. The van der Waals surface area contributed by atoms with E-state index >= 15 is 0 Å². The fourth-order valence-corrected chi connectivity index (χ4v) is 3.95. The van der Waals surface area contributed by atoms with Crippen molar-refractivity contribution in [2.75, 3.05) is 24.1 Å². The number of aromatic nitrogens is 4. The van der Waals surface area contributed by atoms with Gasteiger partial charge in [-0.05, 0) is 39.0 Å². The second-order valence-electron chi connectivity index (χ2n) is 9.03. The van der Waals surface area contributed by atoms with Crippen LogP contribution in [0, 0.1) is 0 Å². The number of nitrogen functional groups attached to an aromatic ring is 1. The Balaban J connectivity index is 1.41. The lowest BCUT2D eigenvalue weighted by molar-refractivity contribution is 0.00148. The van der Waals surface area contributed by atoms with Crippen LogP contribution in [0.3, 0.4) is 0 Å². The Morgan fingerprint density at radius 1 is 1.26 bits per heavy atom. The molecule has 3 aromatic heterocycles. The largest absolute Gasteiger partial charge is 0.444 e. The third-order valence-corrected chi connectivity index (χ3v) is 5.60. The van der Waals surface area contributed by atoms with Crippen LogP contribution in [0.25, 0.3) is 22.1 Å². The highest BCUT2D eigenvalue weighted by Gasteiger charge is 2.36. The number of halogens is 1. The van der Waals surface area contributed by atoms with Crippen molar-refractivity contribution in [1.82, 2.24) is 24.4 Å². The molecule has 3 N–H and O–H groups in total. The number of likely N-dealkylation sites (tertiary alicyclic amines) is 1. The summed E-state index contributed by atoms with van der Waals surface area (Å²) in [5.41, 5.74) is 7.29. The van der Waals surface area contributed by atoms with E-state index < -0.39 is 11.5 Å². The number of amides is 2. The highest BCUT2D eigenvalue weighted by molar-refractivity contribution is 6.31. The number of carbonyl (C=O) groups excluding carboxylic acids is 2. The summed E-state index contributed by atoms with van der Waals surface area (Å²) >= 11 is 5.99. The number of hydrogen-bond acceptors (Lipinski definition) is 8. The topological polar surface area (TPSA) is 141 Å². The molecule has 5 rings (SSSR count). The molecule has 2 amide bonds. The first-order chi connectivity index (χ1) is 16.1. The minimum Gasteiger partial charge on any atom is -0.444 e. The zero-order chi connectivity index (χ0) is 24.2. The van der Waals surface area contributed by atoms with E-state index in [0.717, 1.165) is 0 Å². The number of benzene rings is 1. The van der Waals surface area contributed by atoms with Gasteiger partial charge < -0.3 is 24.4 Å². The summed E-state index contributed by atoms with van der Waals surface area (Å²) in [5, 5.41) is 3.58. The second kappa shape index (κ2) is 7.87. The van der Waals surface area contributed by atoms with E-state index in [-0.39, 0.29) is 29.5 Å². The summed E-state index contributed by atoms with van der Waals surface area (Å²) in [7, 11) is 0. The number of oxazole rings is 1. The monoisotopic (exact) mass is 483 g/mol. The molecular weight excluding hydrogens is 462 g/mol. The number of nitrogens with two attached hydrogens (primary N) is 1. The molecule has 1 aliphatic heterocycles. The molecule has 0 saturated carbocycles. The fourth-order valence-electron chi connectivity index (χ4n) is 3.78. The molecule has 176 valence electrons. The van der Waals surface area contributed by atoms with Gasteiger partial charge in [0.05, 0.1) is 17.0 Å². The third-order valence-electron chi connectivity index (χ3n) is 5.36. The lowest BCUT2D eigenvalue weighted by atomic mass is 10.1. The number of anilines is 2. The van der Waals surface area contributed by atoms with Crippen molar-refractivity contribution < 1.29 is 18.7 Å². The maximum atomic E-state index is 13.1. The number of rotatable bonds is 3. The maximum Gasteiger partial charge on any atom is 0.410 e. The highest BCUT2D eigenvalue weighted by Crippen LogP contribution is 2.32. The van der Waals surface area contributed by atoms with Gasteiger partial charge in [0.1, 0.15) is 28.9 Å². The molecule has 1 aliphatic rings. The maximum absolute atomic E-state index is 13.1. The summed E-state index contributed by atoms with van der Waals surface area (Å²) in [6.45, 7) is 6.28. The Morgan fingerprint density at radius 3 is 2.76 bits per heavy atom. The van der Waals surface area contributed by atoms with Crippen LogP contribution >= 0.6 is 11.6 Å². The van der Waals surface area contributed by atoms with Crippen molar-refractivity contribution in [3.63, 3.8) is 0 Å². The number of nitrogens with one attached hydrogen (secondary N) is 1. The van der Waals surface area contributed by atoms with Gasteiger partial charge in [0, 0.05) is 24.3 Å². The van der Waals surface area contributed by atoms with Crippen LogP contribution in [-0.2, 0) is 4.74 Å². The van der Waals surface area contributed by atoms with Gasteiger partial charge >= 0.3 is 12.1 Å². The smallest absolute Gasteiger partial charge is 0.410 e. The molecule has 4 heterocycles. The van der Waals surface area contributed by atoms with Crippen molar-refractivity contribution in [2.45, 2.75) is 32.4 Å². The van der Waals surface area contributed by atoms with Gasteiger partial charge in [-0.1, -0.05) is 11.6 Å². The average molecular weight is 484 g/mol. The Bertz CT molecular complexity index is 1430. The van der Waals surface area contributed by atoms with Crippen molar-refractivity contribution in [2.24, 2.45) is 0 Å². The van der Waals surface area contributed by atoms with E-state index in [1.54, 1.807) is 29.3 Å². The summed E-state index contributed by atoms with van der Waals surface area (Å²) in [6.07, 6.45) is 2.61. The Hall–Kier alpha value is -3.86. The number of carbonyl (C=O) groups is 2. The van der Waals surface area contributed by atoms with Gasteiger partial charge in [-0.2, -0.15) is 4.98 Å². The quantitative estimate of drug-likeness (QED) is 0.447. The van der Waals surface area contributed by atoms with Gasteiger partial charge in [-0.25, -0.2) is 14.8 Å². The second-order valence-corrected chi connectivity index (χ2v) is 9.47. The van der Waals surface area contributed by atoms with Gasteiger partial charge in [0.25, 0.3) is 5.91 Å². The van der Waals surface area contributed by atoms with Gasteiger partial charge in [0.15, 0.2) is 5.58 Å². The van der Waals surface area contributed by atoms with E-state index in [1.165, 1.54) is 6.33 Å². The normalized spacial score (nSPS) is 14.4. The molecule has 1 fully saturated rings. The minimum atomic E-state index is -0.578. The first kappa shape index (κ1) is 22.0.